The lowest BCUT2D eigenvalue weighted by Crippen LogP contribution is -2.34. The van der Waals surface area contributed by atoms with Crippen LogP contribution < -0.4 is 20.2 Å². The third-order valence-electron chi connectivity index (χ3n) is 4.55. The number of esters is 1. The molecule has 2 N–H and O–H groups in total. The zero-order chi connectivity index (χ0) is 25.0. The number of rotatable bonds is 10. The molecule has 0 atom stereocenters. The number of ether oxygens (including phenoxy) is 2. The molecule has 0 unspecified atom stereocenters. The second kappa shape index (κ2) is 13.0. The summed E-state index contributed by atoms with van der Waals surface area (Å²) in [5, 5.41) is 6.40. The van der Waals surface area contributed by atoms with Crippen LogP contribution in [0.3, 0.4) is 0 Å². The van der Waals surface area contributed by atoms with Gasteiger partial charge >= 0.3 is 5.97 Å². The number of amides is 2. The molecule has 0 radical (unpaired) electrons. The Hall–Kier alpha value is -3.98. The topological polar surface area (TPSA) is 106 Å². The van der Waals surface area contributed by atoms with Crippen LogP contribution in [-0.2, 0) is 4.79 Å². The van der Waals surface area contributed by atoms with Crippen molar-refractivity contribution in [2.75, 3.05) is 13.2 Å². The lowest BCUT2D eigenvalue weighted by Gasteiger charge is -2.07. The average Bonchev–Trinajstić information content (AvgIpc) is 2.87. The van der Waals surface area contributed by atoms with Crippen LogP contribution in [0, 0.1) is 0 Å². The van der Waals surface area contributed by atoms with Gasteiger partial charge in [0.2, 0.25) is 0 Å². The van der Waals surface area contributed by atoms with E-state index < -0.39 is 11.9 Å². The summed E-state index contributed by atoms with van der Waals surface area (Å²) in [4.78, 5) is 36.3. The van der Waals surface area contributed by atoms with E-state index in [1.807, 2.05) is 6.92 Å². The van der Waals surface area contributed by atoms with Gasteiger partial charge in [-0.15, -0.1) is 0 Å². The van der Waals surface area contributed by atoms with E-state index in [4.69, 9.17) is 9.47 Å². The first-order valence-electron chi connectivity index (χ1n) is 10.9. The van der Waals surface area contributed by atoms with Crippen molar-refractivity contribution in [1.82, 2.24) is 10.7 Å². The fourth-order valence-corrected chi connectivity index (χ4v) is 3.20. The van der Waals surface area contributed by atoms with Gasteiger partial charge in [-0.05, 0) is 78.7 Å². The summed E-state index contributed by atoms with van der Waals surface area (Å²) in [6.07, 6.45) is 2.34. The smallest absolute Gasteiger partial charge is 0.343 e. The number of hydrazone groups is 1. The van der Waals surface area contributed by atoms with Crippen molar-refractivity contribution in [2.24, 2.45) is 5.10 Å². The van der Waals surface area contributed by atoms with Gasteiger partial charge < -0.3 is 14.8 Å². The zero-order valence-electron chi connectivity index (χ0n) is 19.0. The maximum absolute atomic E-state index is 12.3. The molecule has 0 heterocycles. The first-order chi connectivity index (χ1) is 16.9. The second-order valence-corrected chi connectivity index (χ2v) is 8.23. The number of benzene rings is 3. The van der Waals surface area contributed by atoms with Gasteiger partial charge in [0.05, 0.1) is 24.9 Å². The Morgan fingerprint density at radius 2 is 1.66 bits per heavy atom. The largest absolute Gasteiger partial charge is 0.494 e. The SMILES string of the molecule is CCCOc1ccc(C(=O)Oc2ccc(/C=N/NC(=O)CNC(=O)c3cccc(Br)c3)cc2)cc1. The Kier molecular flexibility index (Phi) is 9.56. The molecular weight excluding hydrogens is 514 g/mol. The van der Waals surface area contributed by atoms with E-state index in [9.17, 15) is 14.4 Å². The highest BCUT2D eigenvalue weighted by Gasteiger charge is 2.09. The van der Waals surface area contributed by atoms with Crippen molar-refractivity contribution in [3.05, 3.63) is 94.0 Å². The van der Waals surface area contributed by atoms with Gasteiger partial charge in [0.25, 0.3) is 11.8 Å². The van der Waals surface area contributed by atoms with E-state index >= 15 is 0 Å². The quantitative estimate of drug-likeness (QED) is 0.173. The lowest BCUT2D eigenvalue weighted by molar-refractivity contribution is -0.120. The van der Waals surface area contributed by atoms with E-state index in [0.29, 0.717) is 34.8 Å². The summed E-state index contributed by atoms with van der Waals surface area (Å²) in [5.41, 5.74) is 3.88. The van der Waals surface area contributed by atoms with Gasteiger partial charge in [-0.3, -0.25) is 9.59 Å². The molecule has 8 nitrogen and oxygen atoms in total. The normalized spacial score (nSPS) is 10.6. The van der Waals surface area contributed by atoms with Crippen molar-refractivity contribution in [1.29, 1.82) is 0 Å². The lowest BCUT2D eigenvalue weighted by atomic mass is 10.2. The molecule has 0 fully saturated rings. The number of hydrogen-bond acceptors (Lipinski definition) is 6. The summed E-state index contributed by atoms with van der Waals surface area (Å²) in [6, 6.07) is 20.2. The molecule has 3 aromatic carbocycles. The van der Waals surface area contributed by atoms with Crippen LogP contribution in [0.25, 0.3) is 0 Å². The number of hydrogen-bond donors (Lipinski definition) is 2. The first kappa shape index (κ1) is 25.6. The minimum atomic E-state index is -0.481. The summed E-state index contributed by atoms with van der Waals surface area (Å²) in [6.45, 7) is 2.42. The maximum Gasteiger partial charge on any atom is 0.343 e. The summed E-state index contributed by atoms with van der Waals surface area (Å²) < 4.78 is 11.7. The van der Waals surface area contributed by atoms with Crippen LogP contribution in [0.1, 0.15) is 39.6 Å². The summed E-state index contributed by atoms with van der Waals surface area (Å²) in [7, 11) is 0. The molecule has 9 heteroatoms. The van der Waals surface area contributed by atoms with E-state index in [2.05, 4.69) is 31.8 Å². The number of nitrogens with zero attached hydrogens (tertiary/aromatic N) is 1. The molecule has 0 aliphatic rings. The third-order valence-corrected chi connectivity index (χ3v) is 5.05. The predicted molar refractivity (Wildman–Crippen MR) is 136 cm³/mol. The minimum Gasteiger partial charge on any atom is -0.494 e. The molecular formula is C26H24BrN3O5. The third kappa shape index (κ3) is 8.38. The average molecular weight is 538 g/mol. The molecule has 0 saturated heterocycles. The molecule has 3 aromatic rings. The number of carbonyl (C=O) groups excluding carboxylic acids is 3. The molecule has 3 rings (SSSR count). The van der Waals surface area contributed by atoms with Crippen molar-refractivity contribution in [3.63, 3.8) is 0 Å². The monoisotopic (exact) mass is 537 g/mol. The number of carbonyl (C=O) groups is 3. The van der Waals surface area contributed by atoms with E-state index in [1.54, 1.807) is 72.8 Å². The van der Waals surface area contributed by atoms with Crippen LogP contribution in [0.15, 0.2) is 82.4 Å². The molecule has 35 heavy (non-hydrogen) atoms. The van der Waals surface area contributed by atoms with Crippen molar-refractivity contribution in [2.45, 2.75) is 13.3 Å². The van der Waals surface area contributed by atoms with Gasteiger partial charge in [0, 0.05) is 10.0 Å². The molecule has 180 valence electrons. The minimum absolute atomic E-state index is 0.219. The van der Waals surface area contributed by atoms with Crippen LogP contribution in [0.2, 0.25) is 0 Å². The van der Waals surface area contributed by atoms with E-state index in [0.717, 1.165) is 10.9 Å². The van der Waals surface area contributed by atoms with Crippen LogP contribution in [0.5, 0.6) is 11.5 Å². The molecule has 0 aliphatic carbocycles. The van der Waals surface area contributed by atoms with Crippen LogP contribution >= 0.6 is 15.9 Å². The number of halogens is 1. The van der Waals surface area contributed by atoms with Gasteiger partial charge in [-0.1, -0.05) is 28.9 Å². The Morgan fingerprint density at radius 1 is 0.943 bits per heavy atom. The van der Waals surface area contributed by atoms with Crippen LogP contribution in [-0.4, -0.2) is 37.1 Å². The highest BCUT2D eigenvalue weighted by molar-refractivity contribution is 9.10. The van der Waals surface area contributed by atoms with Gasteiger partial charge in [0.15, 0.2) is 0 Å². The highest BCUT2D eigenvalue weighted by Crippen LogP contribution is 2.16. The molecule has 0 saturated carbocycles. The summed E-state index contributed by atoms with van der Waals surface area (Å²) >= 11 is 3.30. The summed E-state index contributed by atoms with van der Waals surface area (Å²) in [5.74, 6) is -0.244. The Bertz CT molecular complexity index is 1190. The fourth-order valence-electron chi connectivity index (χ4n) is 2.81. The van der Waals surface area contributed by atoms with Crippen molar-refractivity contribution < 1.29 is 23.9 Å². The van der Waals surface area contributed by atoms with Gasteiger partial charge in [-0.25, -0.2) is 10.2 Å². The highest BCUT2D eigenvalue weighted by atomic mass is 79.9. The molecule has 0 aliphatic heterocycles. The molecule has 0 bridgehead atoms. The standard InChI is InChI=1S/C26H24BrN3O5/c1-2-14-34-22-12-8-19(9-13-22)26(33)35-23-10-6-18(7-11-23)16-29-30-24(31)17-28-25(32)20-4-3-5-21(27)15-20/h3-13,15-16H,2,14,17H2,1H3,(H,28,32)(H,30,31)/b29-16+. The van der Waals surface area contributed by atoms with Gasteiger partial charge in [-0.2, -0.15) is 5.10 Å². The number of nitrogens with one attached hydrogen (secondary N) is 2. The Labute approximate surface area is 211 Å². The Morgan fingerprint density at radius 3 is 2.34 bits per heavy atom. The molecule has 0 spiro atoms. The van der Waals surface area contributed by atoms with Gasteiger partial charge in [0.1, 0.15) is 11.5 Å². The van der Waals surface area contributed by atoms with E-state index in [-0.39, 0.29) is 12.5 Å². The van der Waals surface area contributed by atoms with Crippen molar-refractivity contribution >= 4 is 39.9 Å². The predicted octanol–water partition coefficient (Wildman–Crippen LogP) is 4.34. The molecule has 0 aromatic heterocycles. The first-order valence-corrected chi connectivity index (χ1v) is 11.6. The zero-order valence-corrected chi connectivity index (χ0v) is 20.6. The molecule has 2 amide bonds. The van der Waals surface area contributed by atoms with Crippen LogP contribution in [0.4, 0.5) is 0 Å². The second-order valence-electron chi connectivity index (χ2n) is 7.32. The van der Waals surface area contributed by atoms with E-state index in [1.165, 1.54) is 6.21 Å². The van der Waals surface area contributed by atoms with Crippen molar-refractivity contribution in [3.8, 4) is 11.5 Å². The fraction of sp³-hybridized carbons (Fsp3) is 0.154. The Balaban J connectivity index is 1.43. The maximum atomic E-state index is 12.3.